The van der Waals surface area contributed by atoms with Crippen LogP contribution in [0.5, 0.6) is 23.0 Å². The van der Waals surface area contributed by atoms with Gasteiger partial charge in [0.15, 0.2) is 11.5 Å². The number of rotatable bonds is 6. The Morgan fingerprint density at radius 1 is 1.03 bits per heavy atom. The van der Waals surface area contributed by atoms with Crippen molar-refractivity contribution in [2.75, 3.05) is 19.8 Å². The Bertz CT molecular complexity index is 1020. The van der Waals surface area contributed by atoms with E-state index in [2.05, 4.69) is 24.1 Å². The first-order chi connectivity index (χ1) is 14.5. The van der Waals surface area contributed by atoms with Crippen LogP contribution in [0.2, 0.25) is 0 Å². The fourth-order valence-electron chi connectivity index (χ4n) is 3.19. The lowest BCUT2D eigenvalue weighted by Gasteiger charge is -2.28. The number of aromatic nitrogens is 1. The van der Waals surface area contributed by atoms with Crippen LogP contribution in [0.25, 0.3) is 0 Å². The first-order valence-electron chi connectivity index (χ1n) is 9.87. The van der Waals surface area contributed by atoms with Gasteiger partial charge in [0.25, 0.3) is 5.91 Å². The van der Waals surface area contributed by atoms with Crippen LogP contribution in [0.4, 0.5) is 0 Å². The van der Waals surface area contributed by atoms with Gasteiger partial charge in [0, 0.05) is 23.7 Å². The van der Waals surface area contributed by atoms with Crippen molar-refractivity contribution in [1.29, 1.82) is 0 Å². The summed E-state index contributed by atoms with van der Waals surface area (Å²) in [4.78, 5) is 16.6. The second kappa shape index (κ2) is 8.45. The summed E-state index contributed by atoms with van der Waals surface area (Å²) < 4.78 is 17.0. The van der Waals surface area contributed by atoms with Crippen LogP contribution in [0.15, 0.2) is 67.0 Å². The van der Waals surface area contributed by atoms with Crippen molar-refractivity contribution in [2.45, 2.75) is 19.3 Å². The Morgan fingerprint density at radius 2 is 1.80 bits per heavy atom. The Labute approximate surface area is 175 Å². The minimum Gasteiger partial charge on any atom is -0.486 e. The Kier molecular flexibility index (Phi) is 5.57. The van der Waals surface area contributed by atoms with Gasteiger partial charge in [0.2, 0.25) is 0 Å². The number of hydrogen-bond donors (Lipinski definition) is 1. The normalized spacial score (nSPS) is 12.9. The van der Waals surface area contributed by atoms with E-state index in [4.69, 9.17) is 14.2 Å². The van der Waals surface area contributed by atoms with Crippen LogP contribution in [-0.2, 0) is 5.41 Å². The van der Waals surface area contributed by atoms with Crippen molar-refractivity contribution in [2.24, 2.45) is 0 Å². The predicted octanol–water partition coefficient (Wildman–Crippen LogP) is 4.35. The van der Waals surface area contributed by atoms with E-state index in [-0.39, 0.29) is 11.3 Å². The Balaban J connectivity index is 1.37. The highest BCUT2D eigenvalue weighted by Gasteiger charge is 2.24. The first-order valence-corrected chi connectivity index (χ1v) is 9.87. The molecular weight excluding hydrogens is 380 g/mol. The van der Waals surface area contributed by atoms with Crippen LogP contribution in [0, 0.1) is 0 Å². The molecule has 1 amide bonds. The molecule has 1 aromatic heterocycles. The van der Waals surface area contributed by atoms with E-state index in [9.17, 15) is 4.79 Å². The van der Waals surface area contributed by atoms with Crippen LogP contribution in [0.3, 0.4) is 0 Å². The highest BCUT2D eigenvalue weighted by molar-refractivity contribution is 5.94. The number of carbonyl (C=O) groups is 1. The molecule has 1 aliphatic rings. The van der Waals surface area contributed by atoms with E-state index in [1.165, 1.54) is 0 Å². The van der Waals surface area contributed by atoms with Crippen LogP contribution in [0.1, 0.15) is 29.8 Å². The van der Waals surface area contributed by atoms with Crippen molar-refractivity contribution in [3.63, 3.8) is 0 Å². The minimum absolute atomic E-state index is 0.131. The predicted molar refractivity (Wildman–Crippen MR) is 114 cm³/mol. The molecule has 0 atom stereocenters. The molecule has 3 aromatic rings. The molecule has 1 aliphatic heterocycles. The molecule has 0 saturated carbocycles. The second-order valence-electron chi connectivity index (χ2n) is 7.74. The number of amides is 1. The Hall–Kier alpha value is -3.54. The van der Waals surface area contributed by atoms with Crippen LogP contribution < -0.4 is 19.5 Å². The quantitative estimate of drug-likeness (QED) is 0.661. The number of benzene rings is 2. The van der Waals surface area contributed by atoms with Crippen LogP contribution in [-0.4, -0.2) is 30.6 Å². The fourth-order valence-corrected chi connectivity index (χ4v) is 3.19. The van der Waals surface area contributed by atoms with E-state index >= 15 is 0 Å². The molecule has 1 N–H and O–H groups in total. The van der Waals surface area contributed by atoms with Crippen molar-refractivity contribution in [3.8, 4) is 23.0 Å². The molecule has 0 aliphatic carbocycles. The molecule has 30 heavy (non-hydrogen) atoms. The van der Waals surface area contributed by atoms with Gasteiger partial charge < -0.3 is 19.5 Å². The average molecular weight is 404 g/mol. The van der Waals surface area contributed by atoms with Gasteiger partial charge in [-0.2, -0.15) is 0 Å². The first kappa shape index (κ1) is 19.8. The van der Waals surface area contributed by atoms with E-state index in [0.29, 0.717) is 36.8 Å². The lowest BCUT2D eigenvalue weighted by Crippen LogP contribution is -2.36. The molecule has 0 bridgehead atoms. The largest absolute Gasteiger partial charge is 0.486 e. The van der Waals surface area contributed by atoms with Crippen molar-refractivity contribution < 1.29 is 19.0 Å². The summed E-state index contributed by atoms with van der Waals surface area (Å²) in [7, 11) is 0. The molecule has 154 valence electrons. The third-order valence-corrected chi connectivity index (χ3v) is 5.00. The van der Waals surface area contributed by atoms with Gasteiger partial charge in [0.05, 0.1) is 6.20 Å². The molecule has 0 saturated heterocycles. The summed E-state index contributed by atoms with van der Waals surface area (Å²) in [6.45, 7) is 5.78. The van der Waals surface area contributed by atoms with E-state index in [1.807, 2.05) is 24.3 Å². The maximum atomic E-state index is 12.6. The standard InChI is InChI=1S/C24H24N2O4/c1-24(2,18-7-10-21-22(14-18)29-13-12-28-21)16-26-23(27)17-5-8-19(9-6-17)30-20-4-3-11-25-15-20/h3-11,14-15H,12-13,16H2,1-2H3,(H,26,27). The van der Waals surface area contributed by atoms with Crippen molar-refractivity contribution in [1.82, 2.24) is 10.3 Å². The van der Waals surface area contributed by atoms with Crippen molar-refractivity contribution in [3.05, 3.63) is 78.1 Å². The number of hydrogen-bond acceptors (Lipinski definition) is 5. The second-order valence-corrected chi connectivity index (χ2v) is 7.74. The van der Waals surface area contributed by atoms with Crippen molar-refractivity contribution >= 4 is 5.91 Å². The maximum absolute atomic E-state index is 12.6. The SMILES string of the molecule is CC(C)(CNC(=O)c1ccc(Oc2cccnc2)cc1)c1ccc2c(c1)OCCO2. The summed E-state index contributed by atoms with van der Waals surface area (Å²) in [5, 5.41) is 3.03. The highest BCUT2D eigenvalue weighted by atomic mass is 16.6. The molecular formula is C24H24N2O4. The zero-order valence-electron chi connectivity index (χ0n) is 17.1. The molecule has 0 radical (unpaired) electrons. The number of ether oxygens (including phenoxy) is 3. The molecule has 0 fully saturated rings. The minimum atomic E-state index is -0.269. The monoisotopic (exact) mass is 404 g/mol. The fraction of sp³-hybridized carbons (Fsp3) is 0.250. The maximum Gasteiger partial charge on any atom is 0.251 e. The molecule has 6 nitrogen and oxygen atoms in total. The third kappa shape index (κ3) is 4.54. The average Bonchev–Trinajstić information content (AvgIpc) is 2.78. The molecule has 2 aromatic carbocycles. The smallest absolute Gasteiger partial charge is 0.251 e. The van der Waals surface area contributed by atoms with Gasteiger partial charge in [0.1, 0.15) is 24.7 Å². The summed E-state index contributed by atoms with van der Waals surface area (Å²) in [5.41, 5.74) is 1.38. The van der Waals surface area contributed by atoms with Gasteiger partial charge in [-0.3, -0.25) is 9.78 Å². The number of fused-ring (bicyclic) bond motifs is 1. The van der Waals surface area contributed by atoms with Crippen LogP contribution >= 0.6 is 0 Å². The van der Waals surface area contributed by atoms with Gasteiger partial charge >= 0.3 is 0 Å². The number of nitrogens with zero attached hydrogens (tertiary/aromatic N) is 1. The van der Waals surface area contributed by atoms with Gasteiger partial charge in [-0.05, 0) is 54.1 Å². The third-order valence-electron chi connectivity index (χ3n) is 5.00. The zero-order valence-corrected chi connectivity index (χ0v) is 17.1. The van der Waals surface area contributed by atoms with Gasteiger partial charge in [-0.1, -0.05) is 19.9 Å². The summed E-state index contributed by atoms with van der Waals surface area (Å²) in [5.74, 6) is 2.68. The highest BCUT2D eigenvalue weighted by Crippen LogP contribution is 2.35. The molecule has 4 rings (SSSR count). The Morgan fingerprint density at radius 3 is 2.53 bits per heavy atom. The van der Waals surface area contributed by atoms with E-state index < -0.39 is 0 Å². The summed E-state index contributed by atoms with van der Waals surface area (Å²) in [6.07, 6.45) is 3.33. The molecule has 0 spiro atoms. The lowest BCUT2D eigenvalue weighted by atomic mass is 9.84. The summed E-state index contributed by atoms with van der Waals surface area (Å²) >= 11 is 0. The molecule has 2 heterocycles. The van der Waals surface area contributed by atoms with Gasteiger partial charge in [-0.15, -0.1) is 0 Å². The summed E-state index contributed by atoms with van der Waals surface area (Å²) in [6, 6.07) is 16.6. The van der Waals surface area contributed by atoms with E-state index in [1.54, 1.807) is 42.7 Å². The zero-order chi connectivity index (χ0) is 21.0. The number of pyridine rings is 1. The number of carbonyl (C=O) groups excluding carboxylic acids is 1. The van der Waals surface area contributed by atoms with Gasteiger partial charge in [-0.25, -0.2) is 0 Å². The lowest BCUT2D eigenvalue weighted by molar-refractivity contribution is 0.0945. The van der Waals surface area contributed by atoms with E-state index in [0.717, 1.165) is 17.1 Å². The number of nitrogens with one attached hydrogen (secondary N) is 1. The molecule has 0 unspecified atom stereocenters. The molecule has 6 heteroatoms. The topological polar surface area (TPSA) is 69.7 Å².